The molecule has 3 rings (SSSR count). The molecule has 2 aliphatic rings. The molecule has 0 aromatic carbocycles. The summed E-state index contributed by atoms with van der Waals surface area (Å²) in [6.45, 7) is 6.73. The average molecular weight is 247 g/mol. The summed E-state index contributed by atoms with van der Waals surface area (Å²) in [5, 5.41) is 0. The van der Waals surface area contributed by atoms with E-state index in [4.69, 9.17) is 10.8 Å². The van der Waals surface area contributed by atoms with Gasteiger partial charge in [-0.25, -0.2) is 15.8 Å². The standard InChI is InChI=1S/C13H21N5/c1-13(2)5-6-18(8-13)11-7-10(17-14)15-12(16-11)9-3-4-9/h7,9H,3-6,8,14H2,1-2H3,(H,15,16,17). The van der Waals surface area contributed by atoms with E-state index in [9.17, 15) is 0 Å². The average Bonchev–Trinajstić information content (AvgIpc) is 3.13. The summed E-state index contributed by atoms with van der Waals surface area (Å²) < 4.78 is 0. The predicted molar refractivity (Wildman–Crippen MR) is 72.4 cm³/mol. The van der Waals surface area contributed by atoms with Crippen LogP contribution >= 0.6 is 0 Å². The van der Waals surface area contributed by atoms with Crippen molar-refractivity contribution in [2.45, 2.75) is 39.0 Å². The van der Waals surface area contributed by atoms with Gasteiger partial charge in [0.15, 0.2) is 0 Å². The Morgan fingerprint density at radius 2 is 2.17 bits per heavy atom. The maximum Gasteiger partial charge on any atom is 0.145 e. The lowest BCUT2D eigenvalue weighted by molar-refractivity contribution is 0.418. The van der Waals surface area contributed by atoms with Crippen LogP contribution in [-0.2, 0) is 0 Å². The van der Waals surface area contributed by atoms with Gasteiger partial charge in [0.1, 0.15) is 17.5 Å². The molecule has 0 atom stereocenters. The fourth-order valence-corrected chi connectivity index (χ4v) is 2.52. The van der Waals surface area contributed by atoms with Crippen molar-refractivity contribution >= 4 is 11.6 Å². The van der Waals surface area contributed by atoms with Gasteiger partial charge in [-0.3, -0.25) is 0 Å². The lowest BCUT2D eigenvalue weighted by atomic mass is 9.93. The summed E-state index contributed by atoms with van der Waals surface area (Å²) in [5.41, 5.74) is 3.03. The van der Waals surface area contributed by atoms with E-state index >= 15 is 0 Å². The van der Waals surface area contributed by atoms with E-state index in [-0.39, 0.29) is 0 Å². The molecule has 1 aliphatic heterocycles. The summed E-state index contributed by atoms with van der Waals surface area (Å²) in [5.74, 6) is 8.75. The number of nitrogens with one attached hydrogen (secondary N) is 1. The second-order valence-corrected chi connectivity index (χ2v) is 6.22. The van der Waals surface area contributed by atoms with Crippen LogP contribution in [0.25, 0.3) is 0 Å². The SMILES string of the molecule is CC1(C)CCN(c2cc(NN)nc(C3CC3)n2)C1. The second kappa shape index (κ2) is 4.09. The molecule has 0 spiro atoms. The zero-order valence-corrected chi connectivity index (χ0v) is 11.1. The molecule has 3 N–H and O–H groups in total. The summed E-state index contributed by atoms with van der Waals surface area (Å²) in [6, 6.07) is 1.95. The van der Waals surface area contributed by atoms with Crippen molar-refractivity contribution in [2.75, 3.05) is 23.4 Å². The zero-order chi connectivity index (χ0) is 12.8. The van der Waals surface area contributed by atoms with Crippen LogP contribution in [0.15, 0.2) is 6.07 Å². The topological polar surface area (TPSA) is 67.1 Å². The molecule has 1 saturated carbocycles. The Bertz CT molecular complexity index is 453. The van der Waals surface area contributed by atoms with Crippen molar-refractivity contribution in [3.05, 3.63) is 11.9 Å². The third-order valence-electron chi connectivity index (χ3n) is 3.82. The first-order valence-electron chi connectivity index (χ1n) is 6.68. The minimum Gasteiger partial charge on any atom is -0.356 e. The monoisotopic (exact) mass is 247 g/mol. The molecule has 1 aromatic heterocycles. The first-order chi connectivity index (χ1) is 8.57. The Balaban J connectivity index is 1.89. The van der Waals surface area contributed by atoms with Crippen LogP contribution in [0.1, 0.15) is 44.9 Å². The molecule has 0 unspecified atom stereocenters. The van der Waals surface area contributed by atoms with Crippen LogP contribution in [0, 0.1) is 5.41 Å². The fourth-order valence-electron chi connectivity index (χ4n) is 2.52. The fraction of sp³-hybridized carbons (Fsp3) is 0.692. The Hall–Kier alpha value is -1.36. The highest BCUT2D eigenvalue weighted by molar-refractivity contribution is 5.50. The Labute approximate surface area is 108 Å². The Kier molecular flexibility index (Phi) is 2.66. The van der Waals surface area contributed by atoms with Gasteiger partial charge in [-0.2, -0.15) is 0 Å². The van der Waals surface area contributed by atoms with Crippen molar-refractivity contribution in [2.24, 2.45) is 11.3 Å². The van der Waals surface area contributed by atoms with Crippen LogP contribution < -0.4 is 16.2 Å². The predicted octanol–water partition coefficient (Wildman–Crippen LogP) is 1.88. The van der Waals surface area contributed by atoms with Gasteiger partial charge in [0, 0.05) is 25.1 Å². The molecule has 0 bridgehead atoms. The van der Waals surface area contributed by atoms with E-state index in [1.807, 2.05) is 6.07 Å². The van der Waals surface area contributed by atoms with E-state index in [0.717, 1.165) is 30.5 Å². The van der Waals surface area contributed by atoms with Crippen molar-refractivity contribution in [1.29, 1.82) is 0 Å². The molecule has 1 aliphatic carbocycles. The maximum absolute atomic E-state index is 5.50. The highest BCUT2D eigenvalue weighted by Crippen LogP contribution is 2.40. The number of aromatic nitrogens is 2. The van der Waals surface area contributed by atoms with Gasteiger partial charge in [0.2, 0.25) is 0 Å². The number of anilines is 2. The minimum absolute atomic E-state index is 0.376. The van der Waals surface area contributed by atoms with Crippen LogP contribution in [0.3, 0.4) is 0 Å². The number of nitrogen functional groups attached to an aromatic ring is 1. The zero-order valence-electron chi connectivity index (χ0n) is 11.1. The first-order valence-corrected chi connectivity index (χ1v) is 6.68. The van der Waals surface area contributed by atoms with Crippen LogP contribution in [0.2, 0.25) is 0 Å². The van der Waals surface area contributed by atoms with Crippen molar-refractivity contribution in [3.8, 4) is 0 Å². The molecule has 0 amide bonds. The summed E-state index contributed by atoms with van der Waals surface area (Å²) in [6.07, 6.45) is 3.62. The molecule has 98 valence electrons. The van der Waals surface area contributed by atoms with Crippen molar-refractivity contribution in [3.63, 3.8) is 0 Å². The van der Waals surface area contributed by atoms with Gasteiger partial charge >= 0.3 is 0 Å². The molecule has 5 nitrogen and oxygen atoms in total. The van der Waals surface area contributed by atoms with Crippen molar-refractivity contribution < 1.29 is 0 Å². The molecule has 2 heterocycles. The van der Waals surface area contributed by atoms with Crippen LogP contribution in [0.4, 0.5) is 11.6 Å². The van der Waals surface area contributed by atoms with Crippen LogP contribution in [-0.4, -0.2) is 23.1 Å². The minimum atomic E-state index is 0.376. The number of nitrogens with zero attached hydrogens (tertiary/aromatic N) is 3. The van der Waals surface area contributed by atoms with E-state index in [0.29, 0.717) is 11.3 Å². The third kappa shape index (κ3) is 2.27. The largest absolute Gasteiger partial charge is 0.356 e. The molecule has 2 fully saturated rings. The smallest absolute Gasteiger partial charge is 0.145 e. The summed E-state index contributed by atoms with van der Waals surface area (Å²) in [7, 11) is 0. The molecule has 5 heteroatoms. The van der Waals surface area contributed by atoms with E-state index in [2.05, 4.69) is 29.2 Å². The van der Waals surface area contributed by atoms with Gasteiger partial charge in [-0.1, -0.05) is 13.8 Å². The van der Waals surface area contributed by atoms with Gasteiger partial charge in [-0.15, -0.1) is 0 Å². The molecule has 18 heavy (non-hydrogen) atoms. The quantitative estimate of drug-likeness (QED) is 0.630. The highest BCUT2D eigenvalue weighted by atomic mass is 15.3. The third-order valence-corrected chi connectivity index (χ3v) is 3.82. The summed E-state index contributed by atoms with van der Waals surface area (Å²) in [4.78, 5) is 11.5. The summed E-state index contributed by atoms with van der Waals surface area (Å²) >= 11 is 0. The Morgan fingerprint density at radius 3 is 2.72 bits per heavy atom. The number of hydrazine groups is 1. The van der Waals surface area contributed by atoms with Crippen LogP contribution in [0.5, 0.6) is 0 Å². The maximum atomic E-state index is 5.50. The van der Waals surface area contributed by atoms with Gasteiger partial charge in [-0.05, 0) is 24.7 Å². The molecule has 1 aromatic rings. The van der Waals surface area contributed by atoms with Gasteiger partial charge in [0.05, 0.1) is 0 Å². The molecular weight excluding hydrogens is 226 g/mol. The lowest BCUT2D eigenvalue weighted by Gasteiger charge is -2.21. The number of rotatable bonds is 3. The van der Waals surface area contributed by atoms with Gasteiger partial charge in [0.25, 0.3) is 0 Å². The van der Waals surface area contributed by atoms with E-state index in [1.54, 1.807) is 0 Å². The number of hydrogen-bond acceptors (Lipinski definition) is 5. The molecule has 0 radical (unpaired) electrons. The molecular formula is C13H21N5. The second-order valence-electron chi connectivity index (χ2n) is 6.22. The number of hydrogen-bond donors (Lipinski definition) is 2. The van der Waals surface area contributed by atoms with E-state index in [1.165, 1.54) is 19.3 Å². The first kappa shape index (κ1) is 11.7. The normalized spacial score (nSPS) is 22.3. The number of nitrogens with two attached hydrogens (primary N) is 1. The van der Waals surface area contributed by atoms with Gasteiger partial charge < -0.3 is 10.3 Å². The Morgan fingerprint density at radius 1 is 1.39 bits per heavy atom. The lowest BCUT2D eigenvalue weighted by Crippen LogP contribution is -2.24. The van der Waals surface area contributed by atoms with Crippen molar-refractivity contribution in [1.82, 2.24) is 9.97 Å². The highest BCUT2D eigenvalue weighted by Gasteiger charge is 2.32. The molecule has 1 saturated heterocycles. The van der Waals surface area contributed by atoms with E-state index < -0.39 is 0 Å².